The predicted octanol–water partition coefficient (Wildman–Crippen LogP) is 3.68. The average molecular weight is 537 g/mol. The Morgan fingerprint density at radius 1 is 1.00 bits per heavy atom. The Labute approximate surface area is 225 Å². The molecule has 0 saturated heterocycles. The van der Waals surface area contributed by atoms with Crippen LogP contribution in [0.4, 0.5) is 0 Å². The number of nitrogens with zero attached hydrogens (tertiary/aromatic N) is 3. The number of nitriles is 1. The molecule has 3 aromatic rings. The first-order valence-corrected chi connectivity index (χ1v) is 12.5. The number of thioether (sulfide) groups is 1. The van der Waals surface area contributed by atoms with Crippen LogP contribution in [0.1, 0.15) is 34.2 Å². The molecule has 2 aromatic carbocycles. The van der Waals surface area contributed by atoms with E-state index in [2.05, 4.69) is 15.3 Å². The second-order valence-electron chi connectivity index (χ2n) is 8.08. The van der Waals surface area contributed by atoms with E-state index >= 15 is 0 Å². The lowest BCUT2D eigenvalue weighted by Gasteiger charge is -2.19. The number of carbonyl (C=O) groups excluding carboxylic acids is 2. The molecular weight excluding hydrogens is 508 g/mol. The zero-order valence-electron chi connectivity index (χ0n) is 21.7. The van der Waals surface area contributed by atoms with Crippen LogP contribution in [-0.4, -0.2) is 48.9 Å². The number of ether oxygens (including phenoxy) is 4. The van der Waals surface area contributed by atoms with Crippen molar-refractivity contribution in [3.8, 4) is 23.3 Å². The molecule has 10 nitrogen and oxygen atoms in total. The lowest BCUT2D eigenvalue weighted by molar-refractivity contribution is -0.154. The highest BCUT2D eigenvalue weighted by Gasteiger charge is 2.26. The van der Waals surface area contributed by atoms with Crippen molar-refractivity contribution in [1.29, 1.82) is 5.26 Å². The van der Waals surface area contributed by atoms with Crippen molar-refractivity contribution in [2.75, 3.05) is 27.1 Å². The van der Waals surface area contributed by atoms with Gasteiger partial charge in [-0.05, 0) is 49.7 Å². The number of hydrogen-bond acceptors (Lipinski definition) is 10. The summed E-state index contributed by atoms with van der Waals surface area (Å²) in [5.41, 5.74) is 2.94. The molecule has 1 atom stereocenters. The first kappa shape index (κ1) is 28.3. The van der Waals surface area contributed by atoms with Crippen LogP contribution in [0, 0.1) is 25.2 Å². The summed E-state index contributed by atoms with van der Waals surface area (Å²) in [4.78, 5) is 34.6. The van der Waals surface area contributed by atoms with Crippen molar-refractivity contribution < 1.29 is 28.5 Å². The first-order chi connectivity index (χ1) is 18.3. The SMILES string of the molecule is COc1cc(CNC(=O)C(OC(=O)CSc2nc(C)cc(C)n2)c2cccc(C#N)c2)cc(OC)c1OC. The molecule has 0 spiro atoms. The van der Waals surface area contributed by atoms with Gasteiger partial charge in [0.05, 0.1) is 38.7 Å². The van der Waals surface area contributed by atoms with Crippen molar-refractivity contribution in [2.24, 2.45) is 0 Å². The van der Waals surface area contributed by atoms with Crippen LogP contribution in [0.25, 0.3) is 0 Å². The van der Waals surface area contributed by atoms with Crippen molar-refractivity contribution in [1.82, 2.24) is 15.3 Å². The maximum Gasteiger partial charge on any atom is 0.317 e. The van der Waals surface area contributed by atoms with E-state index in [-0.39, 0.29) is 12.3 Å². The lowest BCUT2D eigenvalue weighted by atomic mass is 10.1. The summed E-state index contributed by atoms with van der Waals surface area (Å²) in [5.74, 6) is 0.00792. The average Bonchev–Trinajstić information content (AvgIpc) is 2.92. The number of amides is 1. The fourth-order valence-corrected chi connectivity index (χ4v) is 4.34. The summed E-state index contributed by atoms with van der Waals surface area (Å²) in [6.45, 7) is 3.77. The van der Waals surface area contributed by atoms with Gasteiger partial charge in [-0.15, -0.1) is 0 Å². The second kappa shape index (κ2) is 13.3. The highest BCUT2D eigenvalue weighted by molar-refractivity contribution is 7.99. The molecule has 198 valence electrons. The van der Waals surface area contributed by atoms with Crippen molar-refractivity contribution in [2.45, 2.75) is 31.7 Å². The van der Waals surface area contributed by atoms with Crippen molar-refractivity contribution in [3.63, 3.8) is 0 Å². The van der Waals surface area contributed by atoms with Crippen molar-refractivity contribution >= 4 is 23.6 Å². The number of methoxy groups -OCH3 is 3. The Morgan fingerprint density at radius 2 is 1.66 bits per heavy atom. The summed E-state index contributed by atoms with van der Waals surface area (Å²) in [7, 11) is 4.50. The molecule has 0 radical (unpaired) electrons. The number of hydrogen-bond donors (Lipinski definition) is 1. The van der Waals surface area contributed by atoms with E-state index in [1.165, 1.54) is 27.4 Å². The summed E-state index contributed by atoms with van der Waals surface area (Å²) in [6.07, 6.45) is -1.28. The summed E-state index contributed by atoms with van der Waals surface area (Å²) < 4.78 is 21.7. The monoisotopic (exact) mass is 536 g/mol. The van der Waals surface area contributed by atoms with Crippen LogP contribution in [0.3, 0.4) is 0 Å². The Morgan fingerprint density at radius 3 is 2.24 bits per heavy atom. The Bertz CT molecular complexity index is 1310. The van der Waals surface area contributed by atoms with E-state index in [0.717, 1.165) is 23.1 Å². The van der Waals surface area contributed by atoms with Gasteiger partial charge in [-0.1, -0.05) is 23.9 Å². The molecule has 0 saturated carbocycles. The van der Waals surface area contributed by atoms with E-state index < -0.39 is 18.0 Å². The van der Waals surface area contributed by atoms with E-state index in [1.807, 2.05) is 26.0 Å². The third-order valence-corrected chi connectivity index (χ3v) is 6.10. The number of rotatable bonds is 11. The van der Waals surface area contributed by atoms with E-state index in [4.69, 9.17) is 18.9 Å². The summed E-state index contributed by atoms with van der Waals surface area (Å²) >= 11 is 1.11. The number of carbonyl (C=O) groups is 2. The van der Waals surface area contributed by atoms with Gasteiger partial charge in [0.15, 0.2) is 16.7 Å². The molecule has 0 bridgehead atoms. The van der Waals surface area contributed by atoms with E-state index in [9.17, 15) is 14.9 Å². The maximum absolute atomic E-state index is 13.3. The van der Waals surface area contributed by atoms with Gasteiger partial charge in [-0.25, -0.2) is 9.97 Å². The number of nitrogens with one attached hydrogen (secondary N) is 1. The summed E-state index contributed by atoms with van der Waals surface area (Å²) in [5, 5.41) is 12.5. The van der Waals surface area contributed by atoms with Gasteiger partial charge >= 0.3 is 5.97 Å². The minimum absolute atomic E-state index is 0.0900. The number of aromatic nitrogens is 2. The van der Waals surface area contributed by atoms with E-state index in [1.54, 1.807) is 30.3 Å². The Kier molecular flexibility index (Phi) is 9.90. The topological polar surface area (TPSA) is 133 Å². The highest BCUT2D eigenvalue weighted by atomic mass is 32.2. The fraction of sp³-hybridized carbons (Fsp3) is 0.296. The number of benzene rings is 2. The van der Waals surface area contributed by atoms with Gasteiger partial charge in [0.25, 0.3) is 5.91 Å². The molecule has 11 heteroatoms. The van der Waals surface area contributed by atoms with Crippen LogP contribution in [0.15, 0.2) is 47.6 Å². The largest absolute Gasteiger partial charge is 0.493 e. The molecule has 1 heterocycles. The van der Waals surface area contributed by atoms with Gasteiger partial charge in [-0.3, -0.25) is 9.59 Å². The van der Waals surface area contributed by atoms with Crippen LogP contribution in [0.2, 0.25) is 0 Å². The lowest BCUT2D eigenvalue weighted by Crippen LogP contribution is -2.32. The van der Waals surface area contributed by atoms with Crippen LogP contribution in [-0.2, 0) is 20.9 Å². The standard InChI is InChI=1S/C27H28N4O6S/c1-16-9-17(2)31-27(30-16)38-15-23(32)37-24(20-8-6-7-18(10-20)13-28)26(33)29-14-19-11-21(34-3)25(36-5)22(12-19)35-4/h6-12,24H,14-15H2,1-5H3,(H,29,33). The number of esters is 1. The number of aryl methyl sites for hydroxylation is 2. The van der Waals surface area contributed by atoms with Crippen LogP contribution < -0.4 is 19.5 Å². The molecule has 1 amide bonds. The normalized spacial score (nSPS) is 11.2. The zero-order valence-corrected chi connectivity index (χ0v) is 22.5. The third-order valence-electron chi connectivity index (χ3n) is 5.28. The Balaban J connectivity index is 1.78. The van der Waals surface area contributed by atoms with Crippen LogP contribution >= 0.6 is 11.8 Å². The summed E-state index contributed by atoms with van der Waals surface area (Å²) in [6, 6.07) is 13.6. The van der Waals surface area contributed by atoms with Gasteiger partial charge < -0.3 is 24.3 Å². The molecule has 0 aliphatic heterocycles. The quantitative estimate of drug-likeness (QED) is 0.220. The molecule has 1 N–H and O–H groups in total. The smallest absolute Gasteiger partial charge is 0.317 e. The minimum atomic E-state index is -1.28. The minimum Gasteiger partial charge on any atom is -0.493 e. The van der Waals surface area contributed by atoms with Gasteiger partial charge in [0.2, 0.25) is 11.9 Å². The molecule has 38 heavy (non-hydrogen) atoms. The molecule has 0 aliphatic carbocycles. The molecule has 3 rings (SSSR count). The Hall–Kier alpha value is -4.30. The van der Waals surface area contributed by atoms with Gasteiger partial charge in [0, 0.05) is 23.5 Å². The maximum atomic E-state index is 13.3. The first-order valence-electron chi connectivity index (χ1n) is 11.5. The van der Waals surface area contributed by atoms with E-state index in [0.29, 0.717) is 39.1 Å². The van der Waals surface area contributed by atoms with Gasteiger partial charge in [0.1, 0.15) is 0 Å². The zero-order chi connectivity index (χ0) is 27.7. The van der Waals surface area contributed by atoms with Crippen molar-refractivity contribution in [3.05, 3.63) is 70.5 Å². The predicted molar refractivity (Wildman–Crippen MR) is 140 cm³/mol. The molecule has 0 fully saturated rings. The highest BCUT2D eigenvalue weighted by Crippen LogP contribution is 2.38. The fourth-order valence-electron chi connectivity index (χ4n) is 3.61. The van der Waals surface area contributed by atoms with Gasteiger partial charge in [-0.2, -0.15) is 5.26 Å². The van der Waals surface area contributed by atoms with Crippen LogP contribution in [0.5, 0.6) is 17.2 Å². The third kappa shape index (κ3) is 7.36. The molecule has 1 aromatic heterocycles. The molecule has 0 aliphatic rings. The molecule has 1 unspecified atom stereocenters. The molecular formula is C27H28N4O6S. The second-order valence-corrected chi connectivity index (χ2v) is 9.02.